The summed E-state index contributed by atoms with van der Waals surface area (Å²) in [6.07, 6.45) is 3.04. The second kappa shape index (κ2) is 3.57. The SMILES string of the molecule is CC(C)(C)CCCS(C)(=O)=O. The lowest BCUT2D eigenvalue weighted by molar-refractivity contribution is 0.373. The van der Waals surface area contributed by atoms with Crippen molar-refractivity contribution in [3.63, 3.8) is 0 Å². The molecule has 0 amide bonds. The molecular weight excluding hydrogens is 160 g/mol. The zero-order valence-electron chi connectivity index (χ0n) is 7.85. The van der Waals surface area contributed by atoms with Crippen LogP contribution >= 0.6 is 0 Å². The Labute approximate surface area is 69.9 Å². The van der Waals surface area contributed by atoms with Crippen molar-refractivity contribution in [1.82, 2.24) is 0 Å². The highest BCUT2D eigenvalue weighted by atomic mass is 32.2. The van der Waals surface area contributed by atoms with E-state index in [0.717, 1.165) is 12.8 Å². The lowest BCUT2D eigenvalue weighted by Gasteiger charge is -2.16. The quantitative estimate of drug-likeness (QED) is 0.661. The summed E-state index contributed by atoms with van der Waals surface area (Å²) >= 11 is 0. The van der Waals surface area contributed by atoms with Crippen LogP contribution in [0, 0.1) is 5.41 Å². The molecule has 0 spiro atoms. The highest BCUT2D eigenvalue weighted by Crippen LogP contribution is 2.20. The summed E-state index contributed by atoms with van der Waals surface area (Å²) < 4.78 is 21.4. The average molecular weight is 178 g/mol. The summed E-state index contributed by atoms with van der Waals surface area (Å²) in [5.74, 6) is 0.324. The molecule has 0 aliphatic heterocycles. The minimum atomic E-state index is -2.75. The zero-order chi connectivity index (χ0) is 9.12. The Balaban J connectivity index is 3.61. The first kappa shape index (κ1) is 11.0. The maximum atomic E-state index is 10.7. The summed E-state index contributed by atoms with van der Waals surface area (Å²) in [4.78, 5) is 0. The first-order valence-corrected chi connectivity index (χ1v) is 5.94. The van der Waals surface area contributed by atoms with Crippen molar-refractivity contribution in [2.75, 3.05) is 12.0 Å². The lowest BCUT2D eigenvalue weighted by atomic mass is 9.91. The Kier molecular flexibility index (Phi) is 3.55. The van der Waals surface area contributed by atoms with Gasteiger partial charge in [0, 0.05) is 12.0 Å². The van der Waals surface area contributed by atoms with Gasteiger partial charge in [-0.15, -0.1) is 0 Å². The molecule has 0 aliphatic rings. The summed E-state index contributed by atoms with van der Waals surface area (Å²) in [6, 6.07) is 0. The maximum absolute atomic E-state index is 10.7. The molecule has 0 bridgehead atoms. The molecule has 0 aromatic heterocycles. The zero-order valence-corrected chi connectivity index (χ0v) is 8.66. The highest BCUT2D eigenvalue weighted by molar-refractivity contribution is 7.90. The van der Waals surface area contributed by atoms with E-state index in [-0.39, 0.29) is 5.41 Å². The molecule has 2 nitrogen and oxygen atoms in total. The Morgan fingerprint density at radius 2 is 1.64 bits per heavy atom. The summed E-state index contributed by atoms with van der Waals surface area (Å²) in [5.41, 5.74) is 0.255. The third-order valence-corrected chi connectivity index (χ3v) is 2.47. The van der Waals surface area contributed by atoms with Crippen LogP contribution in [-0.4, -0.2) is 20.4 Å². The van der Waals surface area contributed by atoms with Gasteiger partial charge >= 0.3 is 0 Å². The maximum Gasteiger partial charge on any atom is 0.147 e. The normalized spacial score (nSPS) is 13.5. The standard InChI is InChI=1S/C8H18O2S/c1-8(2,3)6-5-7-11(4,9)10/h5-7H2,1-4H3. The van der Waals surface area contributed by atoms with E-state index in [2.05, 4.69) is 20.8 Å². The molecule has 0 heterocycles. The fourth-order valence-electron chi connectivity index (χ4n) is 0.865. The average Bonchev–Trinajstić information content (AvgIpc) is 1.55. The summed E-state index contributed by atoms with van der Waals surface area (Å²) in [6.45, 7) is 6.36. The second-order valence-electron chi connectivity index (χ2n) is 4.29. The Hall–Kier alpha value is -0.0500. The lowest BCUT2D eigenvalue weighted by Crippen LogP contribution is -2.09. The molecule has 0 aromatic rings. The Bertz CT molecular complexity index is 197. The monoisotopic (exact) mass is 178 g/mol. The number of rotatable bonds is 3. The molecule has 0 aliphatic carbocycles. The van der Waals surface area contributed by atoms with Crippen LogP contribution in [0.25, 0.3) is 0 Å². The number of hydrogen-bond donors (Lipinski definition) is 0. The van der Waals surface area contributed by atoms with Crippen LogP contribution in [-0.2, 0) is 9.84 Å². The fourth-order valence-corrected chi connectivity index (χ4v) is 1.53. The van der Waals surface area contributed by atoms with E-state index in [0.29, 0.717) is 5.75 Å². The molecular formula is C8H18O2S. The molecule has 68 valence electrons. The summed E-state index contributed by atoms with van der Waals surface area (Å²) in [5, 5.41) is 0. The van der Waals surface area contributed by atoms with Crippen LogP contribution in [0.15, 0.2) is 0 Å². The van der Waals surface area contributed by atoms with Gasteiger partial charge < -0.3 is 0 Å². The minimum Gasteiger partial charge on any atom is -0.229 e. The van der Waals surface area contributed by atoms with Crippen LogP contribution in [0.5, 0.6) is 0 Å². The highest BCUT2D eigenvalue weighted by Gasteiger charge is 2.11. The molecule has 0 fully saturated rings. The fraction of sp³-hybridized carbons (Fsp3) is 1.00. The predicted octanol–water partition coefficient (Wildman–Crippen LogP) is 1.86. The van der Waals surface area contributed by atoms with Gasteiger partial charge in [-0.25, -0.2) is 8.42 Å². The van der Waals surface area contributed by atoms with E-state index in [1.54, 1.807) is 0 Å². The van der Waals surface area contributed by atoms with Gasteiger partial charge in [-0.2, -0.15) is 0 Å². The molecule has 0 radical (unpaired) electrons. The van der Waals surface area contributed by atoms with Crippen molar-refractivity contribution in [2.24, 2.45) is 5.41 Å². The van der Waals surface area contributed by atoms with Crippen molar-refractivity contribution < 1.29 is 8.42 Å². The van der Waals surface area contributed by atoms with Gasteiger partial charge in [0.25, 0.3) is 0 Å². The van der Waals surface area contributed by atoms with Crippen molar-refractivity contribution in [3.05, 3.63) is 0 Å². The minimum absolute atomic E-state index is 0.255. The number of hydrogen-bond acceptors (Lipinski definition) is 2. The van der Waals surface area contributed by atoms with Gasteiger partial charge in [-0.05, 0) is 18.3 Å². The molecule has 0 rings (SSSR count). The van der Waals surface area contributed by atoms with Crippen molar-refractivity contribution in [3.8, 4) is 0 Å². The summed E-state index contributed by atoms with van der Waals surface area (Å²) in [7, 11) is -2.75. The third-order valence-electron chi connectivity index (χ3n) is 1.44. The first-order valence-electron chi connectivity index (χ1n) is 3.88. The smallest absolute Gasteiger partial charge is 0.147 e. The van der Waals surface area contributed by atoms with Gasteiger partial charge in [-0.1, -0.05) is 20.8 Å². The van der Waals surface area contributed by atoms with Gasteiger partial charge in [0.1, 0.15) is 9.84 Å². The number of sulfone groups is 1. The van der Waals surface area contributed by atoms with Crippen molar-refractivity contribution in [1.29, 1.82) is 0 Å². The largest absolute Gasteiger partial charge is 0.229 e. The molecule has 0 aromatic carbocycles. The van der Waals surface area contributed by atoms with Crippen LogP contribution < -0.4 is 0 Å². The molecule has 0 saturated heterocycles. The second-order valence-corrected chi connectivity index (χ2v) is 6.55. The Morgan fingerprint density at radius 3 is 1.91 bits per heavy atom. The van der Waals surface area contributed by atoms with Crippen LogP contribution in [0.1, 0.15) is 33.6 Å². The third kappa shape index (κ3) is 9.95. The van der Waals surface area contributed by atoms with Crippen LogP contribution in [0.3, 0.4) is 0 Å². The van der Waals surface area contributed by atoms with E-state index in [1.165, 1.54) is 6.26 Å². The van der Waals surface area contributed by atoms with Crippen LogP contribution in [0.4, 0.5) is 0 Å². The molecule has 11 heavy (non-hydrogen) atoms. The predicted molar refractivity (Wildman–Crippen MR) is 48.4 cm³/mol. The van der Waals surface area contributed by atoms with Crippen LogP contribution in [0.2, 0.25) is 0 Å². The molecule has 0 saturated carbocycles. The van der Waals surface area contributed by atoms with E-state index in [9.17, 15) is 8.42 Å². The van der Waals surface area contributed by atoms with E-state index < -0.39 is 9.84 Å². The van der Waals surface area contributed by atoms with E-state index >= 15 is 0 Å². The molecule has 0 atom stereocenters. The molecule has 0 unspecified atom stereocenters. The van der Waals surface area contributed by atoms with E-state index in [4.69, 9.17) is 0 Å². The van der Waals surface area contributed by atoms with Crippen molar-refractivity contribution >= 4 is 9.84 Å². The Morgan fingerprint density at radius 1 is 1.18 bits per heavy atom. The van der Waals surface area contributed by atoms with E-state index in [1.807, 2.05) is 0 Å². The van der Waals surface area contributed by atoms with Gasteiger partial charge in [0.15, 0.2) is 0 Å². The van der Waals surface area contributed by atoms with Crippen molar-refractivity contribution in [2.45, 2.75) is 33.6 Å². The van der Waals surface area contributed by atoms with Gasteiger partial charge in [-0.3, -0.25) is 0 Å². The van der Waals surface area contributed by atoms with Gasteiger partial charge in [0.05, 0.1) is 0 Å². The topological polar surface area (TPSA) is 34.1 Å². The first-order chi connectivity index (χ1) is 4.71. The molecule has 0 N–H and O–H groups in total. The molecule has 3 heteroatoms. The van der Waals surface area contributed by atoms with Gasteiger partial charge in [0.2, 0.25) is 0 Å².